The zero-order valence-corrected chi connectivity index (χ0v) is 15.9. The molecule has 1 atom stereocenters. The molecule has 0 fully saturated rings. The summed E-state index contributed by atoms with van der Waals surface area (Å²) in [5, 5.41) is 17.2. The number of nitrogens with zero attached hydrogens (tertiary/aromatic N) is 4. The summed E-state index contributed by atoms with van der Waals surface area (Å²) >= 11 is 2.97. The van der Waals surface area contributed by atoms with Gasteiger partial charge >= 0.3 is 0 Å². The molecule has 0 spiro atoms. The normalized spacial score (nSPS) is 12.1. The van der Waals surface area contributed by atoms with Gasteiger partial charge in [-0.15, -0.1) is 16.4 Å². The second-order valence-corrected chi connectivity index (χ2v) is 8.12. The molecule has 0 radical (unpaired) electrons. The topological polar surface area (TPSA) is 72.7 Å². The Morgan fingerprint density at radius 2 is 2.08 bits per heavy atom. The van der Waals surface area contributed by atoms with Gasteiger partial charge in [0.2, 0.25) is 11.1 Å². The van der Waals surface area contributed by atoms with Crippen molar-refractivity contribution in [3.8, 4) is 5.69 Å². The lowest BCUT2D eigenvalue weighted by Crippen LogP contribution is -2.30. The highest BCUT2D eigenvalue weighted by atomic mass is 32.2. The average molecular weight is 374 g/mol. The van der Waals surface area contributed by atoms with E-state index >= 15 is 0 Å². The molecule has 0 aliphatic carbocycles. The molecule has 0 bridgehead atoms. The van der Waals surface area contributed by atoms with E-state index in [4.69, 9.17) is 0 Å². The van der Waals surface area contributed by atoms with Crippen LogP contribution in [-0.2, 0) is 11.3 Å². The first-order valence-electron chi connectivity index (χ1n) is 7.87. The maximum absolute atomic E-state index is 12.3. The summed E-state index contributed by atoms with van der Waals surface area (Å²) in [6, 6.07) is 10.1. The fourth-order valence-electron chi connectivity index (χ4n) is 2.43. The zero-order valence-electron chi connectivity index (χ0n) is 14.3. The number of tetrazole rings is 1. The largest absolute Gasteiger partial charge is 0.350 e. The molecule has 25 heavy (non-hydrogen) atoms. The summed E-state index contributed by atoms with van der Waals surface area (Å²) in [6.07, 6.45) is 0. The van der Waals surface area contributed by atoms with Crippen LogP contribution in [0.25, 0.3) is 5.69 Å². The fraction of sp³-hybridized carbons (Fsp3) is 0.294. The first kappa shape index (κ1) is 17.6. The summed E-state index contributed by atoms with van der Waals surface area (Å²) in [6.45, 7) is 6.47. The van der Waals surface area contributed by atoms with Gasteiger partial charge < -0.3 is 5.32 Å². The second kappa shape index (κ2) is 7.79. The predicted molar refractivity (Wildman–Crippen MR) is 100 cm³/mol. The van der Waals surface area contributed by atoms with E-state index in [1.165, 1.54) is 11.8 Å². The second-order valence-electron chi connectivity index (χ2n) is 5.78. The van der Waals surface area contributed by atoms with Gasteiger partial charge in [-0.2, -0.15) is 4.68 Å². The molecule has 2 aromatic heterocycles. The Balaban J connectivity index is 1.68. The molecule has 0 saturated heterocycles. The van der Waals surface area contributed by atoms with Crippen LogP contribution in [-0.4, -0.2) is 31.4 Å². The molecular weight excluding hydrogens is 354 g/mol. The van der Waals surface area contributed by atoms with Gasteiger partial charge in [-0.1, -0.05) is 23.9 Å². The van der Waals surface area contributed by atoms with E-state index in [2.05, 4.69) is 26.9 Å². The van der Waals surface area contributed by atoms with Crippen molar-refractivity contribution in [3.63, 3.8) is 0 Å². The van der Waals surface area contributed by atoms with E-state index in [-0.39, 0.29) is 11.2 Å². The summed E-state index contributed by atoms with van der Waals surface area (Å²) in [5.74, 6) is -0.0339. The van der Waals surface area contributed by atoms with Crippen molar-refractivity contribution in [3.05, 3.63) is 51.7 Å². The first-order chi connectivity index (χ1) is 12.0. The highest BCUT2D eigenvalue weighted by Gasteiger charge is 2.19. The minimum Gasteiger partial charge on any atom is -0.350 e. The smallest absolute Gasteiger partial charge is 0.233 e. The average Bonchev–Trinajstić information content (AvgIpc) is 3.23. The summed E-state index contributed by atoms with van der Waals surface area (Å²) in [5.41, 5.74) is 3.18. The number of hydrogen-bond acceptors (Lipinski definition) is 6. The minimum absolute atomic E-state index is 0.0339. The Hall–Kier alpha value is -2.19. The molecule has 3 aromatic rings. The standard InChI is InChI=1S/C17H19N5OS2/c1-11-7-12(2)9-14(8-11)22-17(19-20-21-22)25-13(3)16(23)18-10-15-5-4-6-24-15/h4-9,13H,10H2,1-3H3,(H,18,23)/t13-/m1/s1. The number of hydrogen-bond donors (Lipinski definition) is 1. The van der Waals surface area contributed by atoms with Crippen molar-refractivity contribution in [1.29, 1.82) is 0 Å². The molecular formula is C17H19N5OS2. The summed E-state index contributed by atoms with van der Waals surface area (Å²) in [7, 11) is 0. The molecule has 1 aromatic carbocycles. The summed E-state index contributed by atoms with van der Waals surface area (Å²) < 4.78 is 1.67. The van der Waals surface area contributed by atoms with Gasteiger partial charge in [0, 0.05) is 4.88 Å². The molecule has 0 saturated carbocycles. The molecule has 3 rings (SSSR count). The predicted octanol–water partition coefficient (Wildman–Crippen LogP) is 3.14. The lowest BCUT2D eigenvalue weighted by molar-refractivity contribution is -0.120. The Bertz CT molecular complexity index is 840. The van der Waals surface area contributed by atoms with Gasteiger partial charge in [-0.05, 0) is 65.9 Å². The molecule has 1 N–H and O–H groups in total. The Labute approximate surface area is 154 Å². The number of carbonyl (C=O) groups excluding carboxylic acids is 1. The fourth-order valence-corrected chi connectivity index (χ4v) is 3.91. The van der Waals surface area contributed by atoms with E-state index < -0.39 is 0 Å². The quantitative estimate of drug-likeness (QED) is 0.672. The Kier molecular flexibility index (Phi) is 5.50. The van der Waals surface area contributed by atoms with Crippen molar-refractivity contribution >= 4 is 29.0 Å². The van der Waals surface area contributed by atoms with Gasteiger partial charge in [-0.25, -0.2) is 0 Å². The van der Waals surface area contributed by atoms with Crippen LogP contribution in [0.15, 0.2) is 40.9 Å². The van der Waals surface area contributed by atoms with Crippen LogP contribution in [0, 0.1) is 13.8 Å². The van der Waals surface area contributed by atoms with Gasteiger partial charge in [0.05, 0.1) is 17.5 Å². The van der Waals surface area contributed by atoms with Crippen molar-refractivity contribution in [1.82, 2.24) is 25.5 Å². The molecule has 0 aliphatic heterocycles. The van der Waals surface area contributed by atoms with E-state index in [0.717, 1.165) is 21.7 Å². The van der Waals surface area contributed by atoms with Crippen molar-refractivity contribution in [2.45, 2.75) is 37.7 Å². The van der Waals surface area contributed by atoms with Crippen LogP contribution >= 0.6 is 23.1 Å². The molecule has 130 valence electrons. The number of rotatable bonds is 6. The summed E-state index contributed by atoms with van der Waals surface area (Å²) in [4.78, 5) is 13.4. The monoisotopic (exact) mass is 373 g/mol. The van der Waals surface area contributed by atoms with Crippen molar-refractivity contribution in [2.24, 2.45) is 0 Å². The van der Waals surface area contributed by atoms with Crippen LogP contribution in [0.5, 0.6) is 0 Å². The third kappa shape index (κ3) is 4.46. The number of nitrogens with one attached hydrogen (secondary N) is 1. The van der Waals surface area contributed by atoms with Gasteiger partial charge in [0.15, 0.2) is 0 Å². The van der Waals surface area contributed by atoms with Gasteiger partial charge in [-0.3, -0.25) is 4.79 Å². The lowest BCUT2D eigenvalue weighted by Gasteiger charge is -2.11. The zero-order chi connectivity index (χ0) is 17.8. The lowest BCUT2D eigenvalue weighted by atomic mass is 10.1. The maximum Gasteiger partial charge on any atom is 0.233 e. The van der Waals surface area contributed by atoms with E-state index in [0.29, 0.717) is 11.7 Å². The van der Waals surface area contributed by atoms with Gasteiger partial charge in [0.25, 0.3) is 0 Å². The van der Waals surface area contributed by atoms with Crippen LogP contribution in [0.2, 0.25) is 0 Å². The van der Waals surface area contributed by atoms with Crippen LogP contribution in [0.3, 0.4) is 0 Å². The maximum atomic E-state index is 12.3. The molecule has 6 nitrogen and oxygen atoms in total. The van der Waals surface area contributed by atoms with Gasteiger partial charge in [0.1, 0.15) is 0 Å². The molecule has 0 unspecified atom stereocenters. The number of aromatic nitrogens is 4. The highest BCUT2D eigenvalue weighted by molar-refractivity contribution is 8.00. The highest BCUT2D eigenvalue weighted by Crippen LogP contribution is 2.24. The van der Waals surface area contributed by atoms with Crippen molar-refractivity contribution in [2.75, 3.05) is 0 Å². The first-order valence-corrected chi connectivity index (χ1v) is 9.62. The minimum atomic E-state index is -0.296. The number of thioether (sulfide) groups is 1. The van der Waals surface area contributed by atoms with Crippen LogP contribution < -0.4 is 5.32 Å². The van der Waals surface area contributed by atoms with E-state index in [1.807, 2.05) is 50.4 Å². The van der Waals surface area contributed by atoms with Crippen LogP contribution in [0.4, 0.5) is 0 Å². The number of amides is 1. The molecule has 0 aliphatic rings. The van der Waals surface area contributed by atoms with E-state index in [9.17, 15) is 4.79 Å². The Morgan fingerprint density at radius 3 is 2.76 bits per heavy atom. The molecule has 2 heterocycles. The van der Waals surface area contributed by atoms with E-state index in [1.54, 1.807) is 16.0 Å². The Morgan fingerprint density at radius 1 is 1.32 bits per heavy atom. The third-order valence-corrected chi connectivity index (χ3v) is 5.47. The number of aryl methyl sites for hydroxylation is 2. The SMILES string of the molecule is Cc1cc(C)cc(-n2nnnc2S[C@H](C)C(=O)NCc2cccs2)c1. The third-order valence-electron chi connectivity index (χ3n) is 3.56. The molecule has 8 heteroatoms. The molecule has 1 amide bonds. The number of carbonyl (C=O) groups is 1. The number of benzene rings is 1. The van der Waals surface area contributed by atoms with Crippen LogP contribution in [0.1, 0.15) is 22.9 Å². The van der Waals surface area contributed by atoms with Crippen molar-refractivity contribution < 1.29 is 4.79 Å². The number of thiophene rings is 1.